The van der Waals surface area contributed by atoms with Crippen molar-refractivity contribution in [3.05, 3.63) is 74.4 Å². The second-order valence-corrected chi connectivity index (χ2v) is 6.63. The Kier molecular flexibility index (Phi) is 5.23. The smallest absolute Gasteiger partial charge is 0.322 e. The highest BCUT2D eigenvalue weighted by Gasteiger charge is 2.11. The first-order valence-electron chi connectivity index (χ1n) is 8.71. The van der Waals surface area contributed by atoms with Crippen LogP contribution in [0.3, 0.4) is 0 Å². The van der Waals surface area contributed by atoms with E-state index in [0.717, 1.165) is 16.7 Å². The number of hydrogen-bond donors (Lipinski definition) is 2. The summed E-state index contributed by atoms with van der Waals surface area (Å²) < 4.78 is 1.12. The van der Waals surface area contributed by atoms with Crippen LogP contribution in [0.5, 0.6) is 0 Å². The molecule has 1 aromatic heterocycles. The van der Waals surface area contributed by atoms with Gasteiger partial charge in [-0.2, -0.15) is 0 Å². The number of aromatic amines is 1. The van der Waals surface area contributed by atoms with Gasteiger partial charge in [0, 0.05) is 24.3 Å². The molecular formula is C20H22N4O3. The average Bonchev–Trinajstić information content (AvgIpc) is 2.61. The van der Waals surface area contributed by atoms with E-state index in [9.17, 15) is 14.4 Å². The summed E-state index contributed by atoms with van der Waals surface area (Å²) in [7, 11) is 3.96. The van der Waals surface area contributed by atoms with Crippen LogP contribution >= 0.6 is 0 Å². The van der Waals surface area contributed by atoms with Crippen LogP contribution in [0, 0.1) is 0 Å². The summed E-state index contributed by atoms with van der Waals surface area (Å²) in [6.07, 6.45) is 0. The number of hydrogen-bond acceptors (Lipinski definition) is 4. The van der Waals surface area contributed by atoms with Crippen molar-refractivity contribution in [2.24, 2.45) is 0 Å². The topological polar surface area (TPSA) is 87.2 Å². The summed E-state index contributed by atoms with van der Waals surface area (Å²) >= 11 is 0. The maximum Gasteiger partial charge on any atom is 0.328 e. The van der Waals surface area contributed by atoms with Crippen molar-refractivity contribution in [3.63, 3.8) is 0 Å². The molecule has 2 N–H and O–H groups in total. The first-order valence-corrected chi connectivity index (χ1v) is 8.71. The summed E-state index contributed by atoms with van der Waals surface area (Å²) in [6, 6.07) is 12.3. The number of fused-ring (bicyclic) bond motifs is 1. The molecule has 0 spiro atoms. The Labute approximate surface area is 156 Å². The van der Waals surface area contributed by atoms with Crippen molar-refractivity contribution in [2.75, 3.05) is 19.4 Å². The number of carbonyl (C=O) groups is 1. The number of aromatic nitrogens is 2. The van der Waals surface area contributed by atoms with Gasteiger partial charge in [-0.25, -0.2) is 4.79 Å². The van der Waals surface area contributed by atoms with Crippen LogP contribution in [-0.4, -0.2) is 34.5 Å². The molecule has 0 radical (unpaired) electrons. The molecule has 0 bridgehead atoms. The fraction of sp³-hybridized carbons (Fsp3) is 0.250. The Morgan fingerprint density at radius 3 is 2.63 bits per heavy atom. The predicted octanol–water partition coefficient (Wildman–Crippen LogP) is 2.02. The van der Waals surface area contributed by atoms with Crippen molar-refractivity contribution in [2.45, 2.75) is 20.0 Å². The van der Waals surface area contributed by atoms with Crippen LogP contribution in [0.1, 0.15) is 22.8 Å². The lowest BCUT2D eigenvalue weighted by Gasteiger charge is -2.12. The van der Waals surface area contributed by atoms with Gasteiger partial charge in [-0.1, -0.05) is 12.1 Å². The molecule has 0 saturated carbocycles. The van der Waals surface area contributed by atoms with E-state index in [2.05, 4.69) is 10.3 Å². The van der Waals surface area contributed by atoms with Gasteiger partial charge in [0.25, 0.3) is 11.5 Å². The molecule has 0 fully saturated rings. The van der Waals surface area contributed by atoms with Gasteiger partial charge in [-0.05, 0) is 56.9 Å². The highest BCUT2D eigenvalue weighted by atomic mass is 16.2. The van der Waals surface area contributed by atoms with Crippen LogP contribution in [0.2, 0.25) is 0 Å². The van der Waals surface area contributed by atoms with Gasteiger partial charge in [-0.15, -0.1) is 0 Å². The van der Waals surface area contributed by atoms with Crippen molar-refractivity contribution >= 4 is 22.5 Å². The third-order valence-corrected chi connectivity index (χ3v) is 4.24. The Balaban J connectivity index is 1.90. The minimum atomic E-state index is -0.482. The normalized spacial score (nSPS) is 11.1. The Hall–Kier alpha value is -3.19. The monoisotopic (exact) mass is 366 g/mol. The number of nitrogens with zero attached hydrogens (tertiary/aromatic N) is 2. The summed E-state index contributed by atoms with van der Waals surface area (Å²) in [4.78, 5) is 41.6. The molecule has 0 unspecified atom stereocenters. The van der Waals surface area contributed by atoms with Crippen LogP contribution in [-0.2, 0) is 13.1 Å². The molecule has 1 heterocycles. The second-order valence-electron chi connectivity index (χ2n) is 6.63. The summed E-state index contributed by atoms with van der Waals surface area (Å²) in [5, 5.41) is 3.23. The molecule has 2 aromatic carbocycles. The molecule has 1 amide bonds. The average molecular weight is 366 g/mol. The summed E-state index contributed by atoms with van der Waals surface area (Å²) in [6.45, 7) is 2.79. The maximum atomic E-state index is 12.6. The van der Waals surface area contributed by atoms with Crippen LogP contribution < -0.4 is 16.6 Å². The van der Waals surface area contributed by atoms with E-state index in [4.69, 9.17) is 0 Å². The second kappa shape index (κ2) is 7.59. The van der Waals surface area contributed by atoms with E-state index in [1.807, 2.05) is 43.3 Å². The molecule has 140 valence electrons. The van der Waals surface area contributed by atoms with E-state index >= 15 is 0 Å². The number of nitrogens with one attached hydrogen (secondary N) is 2. The van der Waals surface area contributed by atoms with E-state index in [0.29, 0.717) is 22.2 Å². The lowest BCUT2D eigenvalue weighted by atomic mass is 10.1. The maximum absolute atomic E-state index is 12.6. The van der Waals surface area contributed by atoms with Gasteiger partial charge in [0.15, 0.2) is 0 Å². The summed E-state index contributed by atoms with van der Waals surface area (Å²) in [5.41, 5.74) is 1.65. The zero-order valence-electron chi connectivity index (χ0n) is 15.6. The fourth-order valence-electron chi connectivity index (χ4n) is 3.00. The van der Waals surface area contributed by atoms with Crippen LogP contribution in [0.25, 0.3) is 10.9 Å². The molecule has 7 nitrogen and oxygen atoms in total. The first kappa shape index (κ1) is 18.6. The molecule has 3 rings (SSSR count). The molecule has 0 atom stereocenters. The number of carbonyl (C=O) groups excluding carboxylic acids is 1. The molecule has 7 heteroatoms. The van der Waals surface area contributed by atoms with Gasteiger partial charge in [0.1, 0.15) is 0 Å². The van der Waals surface area contributed by atoms with Gasteiger partial charge in [0.05, 0.1) is 10.9 Å². The minimum Gasteiger partial charge on any atom is -0.322 e. The molecule has 0 aliphatic heterocycles. The number of anilines is 1. The van der Waals surface area contributed by atoms with E-state index in [1.54, 1.807) is 19.1 Å². The Morgan fingerprint density at radius 2 is 1.93 bits per heavy atom. The third-order valence-electron chi connectivity index (χ3n) is 4.24. The lowest BCUT2D eigenvalue weighted by Crippen LogP contribution is -2.34. The van der Waals surface area contributed by atoms with E-state index < -0.39 is 5.69 Å². The van der Waals surface area contributed by atoms with Crippen LogP contribution in [0.15, 0.2) is 52.1 Å². The molecule has 0 saturated heterocycles. The number of amides is 1. The fourth-order valence-corrected chi connectivity index (χ4v) is 3.00. The van der Waals surface area contributed by atoms with Gasteiger partial charge in [-0.3, -0.25) is 14.2 Å². The SMILES string of the molecule is CCn1c(=O)[nH]c2cc(C(=O)Nc3cccc(CN(C)C)c3)ccc2c1=O. The molecular weight excluding hydrogens is 344 g/mol. The zero-order chi connectivity index (χ0) is 19.6. The predicted molar refractivity (Wildman–Crippen MR) is 106 cm³/mol. The lowest BCUT2D eigenvalue weighted by molar-refractivity contribution is 0.102. The Bertz CT molecular complexity index is 1110. The highest BCUT2D eigenvalue weighted by molar-refractivity contribution is 6.06. The van der Waals surface area contributed by atoms with E-state index in [1.165, 1.54) is 6.07 Å². The molecule has 27 heavy (non-hydrogen) atoms. The van der Waals surface area contributed by atoms with E-state index in [-0.39, 0.29) is 18.0 Å². The minimum absolute atomic E-state index is 0.287. The quantitative estimate of drug-likeness (QED) is 0.723. The summed E-state index contributed by atoms with van der Waals surface area (Å²) in [5.74, 6) is -0.306. The van der Waals surface area contributed by atoms with Gasteiger partial charge >= 0.3 is 5.69 Å². The van der Waals surface area contributed by atoms with Crippen LogP contribution in [0.4, 0.5) is 5.69 Å². The van der Waals surface area contributed by atoms with Gasteiger partial charge in [0.2, 0.25) is 0 Å². The molecule has 3 aromatic rings. The first-order chi connectivity index (χ1) is 12.9. The highest BCUT2D eigenvalue weighted by Crippen LogP contribution is 2.15. The Morgan fingerprint density at radius 1 is 1.15 bits per heavy atom. The van der Waals surface area contributed by atoms with Crippen molar-refractivity contribution in [3.8, 4) is 0 Å². The zero-order valence-corrected chi connectivity index (χ0v) is 15.6. The standard InChI is InChI=1S/C20H22N4O3/c1-4-24-19(26)16-9-8-14(11-17(16)22-20(24)27)18(25)21-15-7-5-6-13(10-15)12-23(2)3/h5-11H,4,12H2,1-3H3,(H,21,25)(H,22,27). The number of H-pyrrole nitrogens is 1. The molecule has 0 aliphatic rings. The van der Waals surface area contributed by atoms with Gasteiger partial charge < -0.3 is 15.2 Å². The largest absolute Gasteiger partial charge is 0.328 e. The van der Waals surface area contributed by atoms with Crippen molar-refractivity contribution in [1.82, 2.24) is 14.5 Å². The number of rotatable bonds is 5. The number of benzene rings is 2. The molecule has 0 aliphatic carbocycles. The third kappa shape index (κ3) is 3.98. The van der Waals surface area contributed by atoms with Crippen molar-refractivity contribution in [1.29, 1.82) is 0 Å². The van der Waals surface area contributed by atoms with Crippen molar-refractivity contribution < 1.29 is 4.79 Å².